The van der Waals surface area contributed by atoms with Gasteiger partial charge in [0.1, 0.15) is 5.52 Å². The molecular formula is C13H11N3O. The van der Waals surface area contributed by atoms with E-state index < -0.39 is 0 Å². The van der Waals surface area contributed by atoms with Gasteiger partial charge in [-0.1, -0.05) is 12.1 Å². The molecule has 1 aromatic carbocycles. The topological polar surface area (TPSA) is 58.6 Å². The summed E-state index contributed by atoms with van der Waals surface area (Å²) in [5.41, 5.74) is 4.43. The fourth-order valence-corrected chi connectivity index (χ4v) is 2.11. The van der Waals surface area contributed by atoms with Gasteiger partial charge in [0.2, 0.25) is 0 Å². The van der Waals surface area contributed by atoms with Gasteiger partial charge in [0.25, 0.3) is 0 Å². The van der Waals surface area contributed by atoms with E-state index in [1.807, 2.05) is 31.2 Å². The lowest BCUT2D eigenvalue weighted by atomic mass is 10.1. The highest BCUT2D eigenvalue weighted by Gasteiger charge is 2.15. The molecule has 2 heterocycles. The van der Waals surface area contributed by atoms with Gasteiger partial charge in [0.05, 0.1) is 16.6 Å². The Bertz CT molecular complexity index is 743. The van der Waals surface area contributed by atoms with E-state index >= 15 is 0 Å². The first-order valence-electron chi connectivity index (χ1n) is 5.43. The van der Waals surface area contributed by atoms with Crippen LogP contribution >= 0.6 is 0 Å². The molecule has 3 rings (SSSR count). The third kappa shape index (κ3) is 1.41. The minimum atomic E-state index is 0.0123. The number of nitrogens with one attached hydrogen (secondary N) is 1. The third-order valence-corrected chi connectivity index (χ3v) is 2.84. The Morgan fingerprint density at radius 1 is 1.18 bits per heavy atom. The second-order valence-electron chi connectivity index (χ2n) is 4.09. The first-order valence-corrected chi connectivity index (χ1v) is 5.43. The molecule has 0 unspecified atom stereocenters. The van der Waals surface area contributed by atoms with Crippen LogP contribution in [0.15, 0.2) is 24.3 Å². The molecule has 0 aliphatic carbocycles. The maximum Gasteiger partial charge on any atom is 0.163 e. The summed E-state index contributed by atoms with van der Waals surface area (Å²) in [6.07, 6.45) is 0. The van der Waals surface area contributed by atoms with Crippen LogP contribution in [0, 0.1) is 6.92 Å². The average Bonchev–Trinajstić information content (AvgIpc) is 2.60. The maximum absolute atomic E-state index is 11.6. The fourth-order valence-electron chi connectivity index (χ4n) is 2.11. The molecule has 1 N–H and O–H groups in total. The predicted molar refractivity (Wildman–Crippen MR) is 66.1 cm³/mol. The number of benzene rings is 1. The maximum atomic E-state index is 11.6. The molecule has 0 saturated carbocycles. The Morgan fingerprint density at radius 2 is 1.82 bits per heavy atom. The van der Waals surface area contributed by atoms with E-state index in [4.69, 9.17) is 0 Å². The van der Waals surface area contributed by atoms with Crippen molar-refractivity contribution in [1.82, 2.24) is 15.0 Å². The van der Waals surface area contributed by atoms with Crippen LogP contribution in [0.1, 0.15) is 23.0 Å². The quantitative estimate of drug-likeness (QED) is 0.647. The molecule has 4 heteroatoms. The summed E-state index contributed by atoms with van der Waals surface area (Å²) in [6, 6.07) is 7.64. The van der Waals surface area contributed by atoms with Gasteiger partial charge < -0.3 is 4.98 Å². The lowest BCUT2D eigenvalue weighted by Crippen LogP contribution is -1.94. The molecule has 4 nitrogen and oxygen atoms in total. The van der Waals surface area contributed by atoms with E-state index in [0.717, 1.165) is 16.7 Å². The van der Waals surface area contributed by atoms with Gasteiger partial charge >= 0.3 is 0 Å². The number of nitrogens with zero attached hydrogens (tertiary/aromatic N) is 2. The number of para-hydroxylation sites is 2. The van der Waals surface area contributed by atoms with E-state index in [2.05, 4.69) is 15.0 Å². The number of rotatable bonds is 1. The zero-order valence-electron chi connectivity index (χ0n) is 9.61. The number of H-pyrrole nitrogens is 1. The number of carbonyl (C=O) groups is 1. The van der Waals surface area contributed by atoms with Gasteiger partial charge in [0, 0.05) is 5.69 Å². The Labute approximate surface area is 97.7 Å². The molecule has 0 spiro atoms. The number of aromatic amines is 1. The van der Waals surface area contributed by atoms with Crippen molar-refractivity contribution in [3.05, 3.63) is 35.5 Å². The molecule has 84 valence electrons. The molecule has 0 fully saturated rings. The number of fused-ring (bicyclic) bond motifs is 2. The molecule has 0 aliphatic heterocycles. The standard InChI is InChI=1S/C13H11N3O/c1-7-11(8(2)17)12-13(14-7)16-10-6-4-3-5-9(10)15-12/h3-6H,1-2H3,(H,14,16). The summed E-state index contributed by atoms with van der Waals surface area (Å²) in [5.74, 6) is 0.0123. The van der Waals surface area contributed by atoms with Gasteiger partial charge in [-0.15, -0.1) is 0 Å². The largest absolute Gasteiger partial charge is 0.341 e. The Hall–Kier alpha value is -2.23. The minimum absolute atomic E-state index is 0.0123. The van der Waals surface area contributed by atoms with Crippen molar-refractivity contribution >= 4 is 28.0 Å². The van der Waals surface area contributed by atoms with E-state index in [1.165, 1.54) is 0 Å². The summed E-state index contributed by atoms with van der Waals surface area (Å²) in [7, 11) is 0. The summed E-state index contributed by atoms with van der Waals surface area (Å²) >= 11 is 0. The van der Waals surface area contributed by atoms with Crippen LogP contribution in [-0.4, -0.2) is 20.7 Å². The van der Waals surface area contributed by atoms with Crippen LogP contribution < -0.4 is 0 Å². The van der Waals surface area contributed by atoms with Gasteiger partial charge in [0.15, 0.2) is 11.4 Å². The van der Waals surface area contributed by atoms with E-state index in [9.17, 15) is 4.79 Å². The smallest absolute Gasteiger partial charge is 0.163 e. The number of ketones is 1. The Morgan fingerprint density at radius 3 is 2.47 bits per heavy atom. The molecule has 2 aromatic heterocycles. The second-order valence-corrected chi connectivity index (χ2v) is 4.09. The fraction of sp³-hybridized carbons (Fsp3) is 0.154. The second kappa shape index (κ2) is 3.38. The van der Waals surface area contributed by atoms with Crippen molar-refractivity contribution in [1.29, 1.82) is 0 Å². The van der Waals surface area contributed by atoms with Gasteiger partial charge in [-0.3, -0.25) is 4.79 Å². The van der Waals surface area contributed by atoms with Crippen LogP contribution in [0.25, 0.3) is 22.2 Å². The van der Waals surface area contributed by atoms with Gasteiger partial charge in [-0.2, -0.15) is 0 Å². The zero-order valence-corrected chi connectivity index (χ0v) is 9.61. The van der Waals surface area contributed by atoms with Crippen molar-refractivity contribution in [3.63, 3.8) is 0 Å². The monoisotopic (exact) mass is 225 g/mol. The SMILES string of the molecule is CC(=O)c1c(C)[nH]c2nc3ccccc3nc12. The number of carbonyl (C=O) groups excluding carboxylic acids is 1. The molecule has 0 amide bonds. The number of hydrogen-bond acceptors (Lipinski definition) is 3. The summed E-state index contributed by atoms with van der Waals surface area (Å²) in [6.45, 7) is 3.41. The lowest BCUT2D eigenvalue weighted by Gasteiger charge is -1.97. The first-order chi connectivity index (χ1) is 8.16. The van der Waals surface area contributed by atoms with E-state index in [1.54, 1.807) is 6.92 Å². The average molecular weight is 225 g/mol. The third-order valence-electron chi connectivity index (χ3n) is 2.84. The lowest BCUT2D eigenvalue weighted by molar-refractivity contribution is 0.101. The van der Waals surface area contributed by atoms with Crippen LogP contribution in [0.4, 0.5) is 0 Å². The summed E-state index contributed by atoms with van der Waals surface area (Å²) in [4.78, 5) is 23.7. The van der Waals surface area contributed by atoms with Crippen LogP contribution in [0.2, 0.25) is 0 Å². The molecule has 0 radical (unpaired) electrons. The van der Waals surface area contributed by atoms with Crippen LogP contribution in [-0.2, 0) is 0 Å². The normalized spacial score (nSPS) is 11.2. The van der Waals surface area contributed by atoms with Crippen molar-refractivity contribution in [2.24, 2.45) is 0 Å². The molecule has 3 aromatic rings. The van der Waals surface area contributed by atoms with Crippen molar-refractivity contribution in [2.75, 3.05) is 0 Å². The molecule has 0 saturated heterocycles. The van der Waals surface area contributed by atoms with E-state index in [0.29, 0.717) is 16.7 Å². The summed E-state index contributed by atoms with van der Waals surface area (Å²) in [5, 5.41) is 0. The Balaban J connectivity index is 2.48. The number of aryl methyl sites for hydroxylation is 1. The highest BCUT2D eigenvalue weighted by atomic mass is 16.1. The highest BCUT2D eigenvalue weighted by molar-refractivity contribution is 6.07. The van der Waals surface area contributed by atoms with Gasteiger partial charge in [-0.05, 0) is 26.0 Å². The van der Waals surface area contributed by atoms with Gasteiger partial charge in [-0.25, -0.2) is 9.97 Å². The first kappa shape index (κ1) is 9.96. The highest BCUT2D eigenvalue weighted by Crippen LogP contribution is 2.22. The van der Waals surface area contributed by atoms with Crippen molar-refractivity contribution in [2.45, 2.75) is 13.8 Å². The van der Waals surface area contributed by atoms with Crippen molar-refractivity contribution < 1.29 is 4.79 Å². The van der Waals surface area contributed by atoms with E-state index in [-0.39, 0.29) is 5.78 Å². The Kier molecular flexibility index (Phi) is 1.98. The number of Topliss-reactive ketones (excluding diaryl/α,β-unsaturated/α-hetero) is 1. The number of hydrogen-bond donors (Lipinski definition) is 1. The predicted octanol–water partition coefficient (Wildman–Crippen LogP) is 2.62. The van der Waals surface area contributed by atoms with Crippen LogP contribution in [0.5, 0.6) is 0 Å². The minimum Gasteiger partial charge on any atom is -0.341 e. The molecule has 17 heavy (non-hydrogen) atoms. The molecule has 0 aliphatic rings. The number of aromatic nitrogens is 3. The molecular weight excluding hydrogens is 214 g/mol. The zero-order chi connectivity index (χ0) is 12.0. The molecule has 0 bridgehead atoms. The van der Waals surface area contributed by atoms with Crippen molar-refractivity contribution in [3.8, 4) is 0 Å². The molecule has 0 atom stereocenters. The van der Waals surface area contributed by atoms with Crippen LogP contribution in [0.3, 0.4) is 0 Å². The summed E-state index contributed by atoms with van der Waals surface area (Å²) < 4.78 is 0.